The highest BCUT2D eigenvalue weighted by molar-refractivity contribution is 5.94. The molecular weight excluding hydrogens is 212 g/mol. The molecule has 0 N–H and O–H groups in total. The van der Waals surface area contributed by atoms with Crippen molar-refractivity contribution in [2.45, 2.75) is 6.92 Å². The van der Waals surface area contributed by atoms with Crippen LogP contribution in [0.25, 0.3) is 0 Å². The molecule has 3 heteroatoms. The number of piperazine rings is 1. The quantitative estimate of drug-likeness (QED) is 0.679. The lowest BCUT2D eigenvalue weighted by Gasteiger charge is -2.32. The van der Waals surface area contributed by atoms with Gasteiger partial charge < -0.3 is 9.80 Å². The molecule has 1 aromatic carbocycles. The summed E-state index contributed by atoms with van der Waals surface area (Å²) in [6.45, 7) is 5.01. The van der Waals surface area contributed by atoms with Gasteiger partial charge in [0.25, 0.3) is 5.91 Å². The Balaban J connectivity index is 1.97. The number of carbonyl (C=O) groups excluding carboxylic acids is 1. The Kier molecular flexibility index (Phi) is 3.66. The summed E-state index contributed by atoms with van der Waals surface area (Å²) in [4.78, 5) is 16.1. The zero-order valence-electron chi connectivity index (χ0n) is 10.0. The third-order valence-corrected chi connectivity index (χ3v) is 2.86. The third kappa shape index (κ3) is 2.79. The Labute approximate surface area is 102 Å². The van der Waals surface area contributed by atoms with Crippen molar-refractivity contribution in [3.05, 3.63) is 35.9 Å². The van der Waals surface area contributed by atoms with E-state index in [1.807, 2.05) is 42.2 Å². The maximum atomic E-state index is 12.1. The molecule has 0 aromatic heterocycles. The molecule has 0 bridgehead atoms. The normalized spacial score (nSPS) is 15.1. The van der Waals surface area contributed by atoms with Crippen molar-refractivity contribution >= 4 is 5.91 Å². The van der Waals surface area contributed by atoms with E-state index in [1.54, 1.807) is 0 Å². The van der Waals surface area contributed by atoms with Gasteiger partial charge in [-0.15, -0.1) is 0 Å². The molecule has 1 saturated heterocycles. The molecule has 3 nitrogen and oxygen atoms in total. The third-order valence-electron chi connectivity index (χ3n) is 2.86. The van der Waals surface area contributed by atoms with E-state index in [9.17, 15) is 4.79 Å². The fourth-order valence-corrected chi connectivity index (χ4v) is 1.94. The van der Waals surface area contributed by atoms with Crippen LogP contribution in [0, 0.1) is 12.0 Å². The standard InChI is InChI=1S/C14H16N2O/c1-2-8-15-9-11-16(12-10-15)14(17)13-6-4-3-5-7-13/h3-7H,9-12H2,1H3. The smallest absolute Gasteiger partial charge is 0.253 e. The first-order chi connectivity index (χ1) is 8.31. The van der Waals surface area contributed by atoms with Gasteiger partial charge in [-0.3, -0.25) is 4.79 Å². The van der Waals surface area contributed by atoms with Gasteiger partial charge in [0, 0.05) is 37.8 Å². The Bertz CT molecular complexity index is 436. The summed E-state index contributed by atoms with van der Waals surface area (Å²) in [6.07, 6.45) is 0. The lowest BCUT2D eigenvalue weighted by molar-refractivity contribution is 0.0686. The van der Waals surface area contributed by atoms with Gasteiger partial charge in [0.15, 0.2) is 0 Å². The predicted octanol–water partition coefficient (Wildman–Crippen LogP) is 1.43. The minimum Gasteiger partial charge on any atom is -0.335 e. The summed E-state index contributed by atoms with van der Waals surface area (Å²) in [5.41, 5.74) is 0.766. The number of carbonyl (C=O) groups is 1. The number of benzene rings is 1. The second kappa shape index (κ2) is 5.40. The lowest BCUT2D eigenvalue weighted by atomic mass is 10.2. The van der Waals surface area contributed by atoms with Crippen LogP contribution in [0.4, 0.5) is 0 Å². The van der Waals surface area contributed by atoms with Gasteiger partial charge >= 0.3 is 0 Å². The van der Waals surface area contributed by atoms with E-state index in [4.69, 9.17) is 0 Å². The fraction of sp³-hybridized carbons (Fsp3) is 0.357. The van der Waals surface area contributed by atoms with E-state index in [0.717, 1.165) is 31.7 Å². The molecule has 1 aliphatic heterocycles. The molecular formula is C14H16N2O. The highest BCUT2D eigenvalue weighted by Crippen LogP contribution is 2.07. The maximum absolute atomic E-state index is 12.1. The average Bonchev–Trinajstić information content (AvgIpc) is 2.40. The van der Waals surface area contributed by atoms with Crippen LogP contribution in [0.5, 0.6) is 0 Å². The topological polar surface area (TPSA) is 23.6 Å². The van der Waals surface area contributed by atoms with Crippen molar-refractivity contribution in [2.24, 2.45) is 0 Å². The van der Waals surface area contributed by atoms with Crippen molar-refractivity contribution in [3.63, 3.8) is 0 Å². The fourth-order valence-electron chi connectivity index (χ4n) is 1.94. The second-order valence-corrected chi connectivity index (χ2v) is 4.01. The van der Waals surface area contributed by atoms with E-state index in [0.29, 0.717) is 0 Å². The van der Waals surface area contributed by atoms with Crippen LogP contribution in [0.15, 0.2) is 30.3 Å². The molecule has 0 unspecified atom stereocenters. The predicted molar refractivity (Wildman–Crippen MR) is 67.4 cm³/mol. The van der Waals surface area contributed by atoms with Gasteiger partial charge in [-0.05, 0) is 19.1 Å². The first-order valence-corrected chi connectivity index (χ1v) is 5.83. The van der Waals surface area contributed by atoms with Gasteiger partial charge in [0.05, 0.1) is 0 Å². The molecule has 1 aromatic rings. The molecule has 88 valence electrons. The average molecular weight is 228 g/mol. The summed E-state index contributed by atoms with van der Waals surface area (Å²) >= 11 is 0. The molecule has 2 rings (SSSR count). The zero-order chi connectivity index (χ0) is 12.1. The molecule has 0 spiro atoms. The molecule has 0 radical (unpaired) electrons. The molecule has 0 saturated carbocycles. The monoisotopic (exact) mass is 228 g/mol. The van der Waals surface area contributed by atoms with Gasteiger partial charge in [-0.2, -0.15) is 0 Å². The van der Waals surface area contributed by atoms with Crippen molar-refractivity contribution in [3.8, 4) is 12.0 Å². The number of nitrogens with zero attached hydrogens (tertiary/aromatic N) is 2. The number of amides is 1. The molecule has 1 heterocycles. The van der Waals surface area contributed by atoms with Crippen LogP contribution in [-0.2, 0) is 0 Å². The zero-order valence-corrected chi connectivity index (χ0v) is 10.0. The Hall–Kier alpha value is -1.95. The maximum Gasteiger partial charge on any atom is 0.253 e. The van der Waals surface area contributed by atoms with Gasteiger partial charge in [0.2, 0.25) is 0 Å². The highest BCUT2D eigenvalue weighted by Gasteiger charge is 2.20. The van der Waals surface area contributed by atoms with Crippen LogP contribution in [-0.4, -0.2) is 41.9 Å². The van der Waals surface area contributed by atoms with E-state index < -0.39 is 0 Å². The van der Waals surface area contributed by atoms with Gasteiger partial charge in [-0.25, -0.2) is 0 Å². The molecule has 1 aliphatic rings. The Morgan fingerprint density at radius 2 is 1.76 bits per heavy atom. The first kappa shape index (κ1) is 11.5. The minimum atomic E-state index is 0.120. The second-order valence-electron chi connectivity index (χ2n) is 4.01. The molecule has 17 heavy (non-hydrogen) atoms. The highest BCUT2D eigenvalue weighted by atomic mass is 16.2. The minimum absolute atomic E-state index is 0.120. The van der Waals surface area contributed by atoms with Crippen LogP contribution < -0.4 is 0 Å². The first-order valence-electron chi connectivity index (χ1n) is 5.83. The van der Waals surface area contributed by atoms with E-state index in [2.05, 4.69) is 16.9 Å². The summed E-state index contributed by atoms with van der Waals surface area (Å²) in [5.74, 6) is 3.01. The molecule has 1 fully saturated rings. The largest absolute Gasteiger partial charge is 0.335 e. The lowest BCUT2D eigenvalue weighted by Crippen LogP contribution is -2.46. The SMILES string of the molecule is CC#CN1CCN(C(=O)c2ccccc2)CC1. The number of hydrogen-bond donors (Lipinski definition) is 0. The van der Waals surface area contributed by atoms with E-state index >= 15 is 0 Å². The van der Waals surface area contributed by atoms with Crippen molar-refractivity contribution in [1.29, 1.82) is 0 Å². The molecule has 0 atom stereocenters. The molecule has 1 amide bonds. The van der Waals surface area contributed by atoms with E-state index in [-0.39, 0.29) is 5.91 Å². The van der Waals surface area contributed by atoms with Gasteiger partial charge in [0.1, 0.15) is 0 Å². The van der Waals surface area contributed by atoms with Crippen molar-refractivity contribution < 1.29 is 4.79 Å². The van der Waals surface area contributed by atoms with E-state index in [1.165, 1.54) is 0 Å². The number of hydrogen-bond acceptors (Lipinski definition) is 2. The van der Waals surface area contributed by atoms with Crippen molar-refractivity contribution in [2.75, 3.05) is 26.2 Å². The molecule has 0 aliphatic carbocycles. The van der Waals surface area contributed by atoms with Crippen LogP contribution in [0.2, 0.25) is 0 Å². The summed E-state index contributed by atoms with van der Waals surface area (Å²) in [7, 11) is 0. The Morgan fingerprint density at radius 3 is 2.35 bits per heavy atom. The van der Waals surface area contributed by atoms with Gasteiger partial charge in [-0.1, -0.05) is 24.1 Å². The van der Waals surface area contributed by atoms with Crippen LogP contribution >= 0.6 is 0 Å². The van der Waals surface area contributed by atoms with Crippen LogP contribution in [0.3, 0.4) is 0 Å². The summed E-state index contributed by atoms with van der Waals surface area (Å²) in [6, 6.07) is 12.5. The summed E-state index contributed by atoms with van der Waals surface area (Å²) < 4.78 is 0. The Morgan fingerprint density at radius 1 is 1.12 bits per heavy atom. The van der Waals surface area contributed by atoms with Crippen molar-refractivity contribution in [1.82, 2.24) is 9.80 Å². The summed E-state index contributed by atoms with van der Waals surface area (Å²) in [5, 5.41) is 0. The number of rotatable bonds is 1. The van der Waals surface area contributed by atoms with Crippen LogP contribution in [0.1, 0.15) is 17.3 Å².